The van der Waals surface area contributed by atoms with Crippen molar-refractivity contribution in [2.75, 3.05) is 5.32 Å². The molecule has 6 nitrogen and oxygen atoms in total. The van der Waals surface area contributed by atoms with Gasteiger partial charge in [0.2, 0.25) is 0 Å². The molecule has 1 amide bonds. The highest BCUT2D eigenvalue weighted by molar-refractivity contribution is 6.30. The van der Waals surface area contributed by atoms with E-state index in [0.29, 0.717) is 17.8 Å². The normalized spacial score (nSPS) is 10.6. The van der Waals surface area contributed by atoms with Crippen LogP contribution in [-0.4, -0.2) is 21.9 Å². The zero-order valence-electron chi connectivity index (χ0n) is 14.8. The summed E-state index contributed by atoms with van der Waals surface area (Å²) in [5.41, 5.74) is 8.47. The highest BCUT2D eigenvalue weighted by Crippen LogP contribution is 2.18. The van der Waals surface area contributed by atoms with Gasteiger partial charge in [-0.3, -0.25) is 14.7 Å². The van der Waals surface area contributed by atoms with E-state index in [-0.39, 0.29) is 29.3 Å². The monoisotopic (exact) mass is 400 g/mol. The Hall–Kier alpha value is -3.19. The third kappa shape index (κ3) is 4.95. The largest absolute Gasteiger partial charge is 0.378 e. The number of hydrogen-bond donors (Lipinski definition) is 3. The first-order chi connectivity index (χ1) is 13.4. The first-order valence-corrected chi connectivity index (χ1v) is 8.90. The number of carbonyl (C=O) groups excluding carboxylic acids is 2. The predicted molar refractivity (Wildman–Crippen MR) is 105 cm³/mol. The highest BCUT2D eigenvalue weighted by Gasteiger charge is 2.11. The molecule has 0 aliphatic rings. The number of hydrogen-bond acceptors (Lipinski definition) is 4. The quantitative estimate of drug-likeness (QED) is 0.540. The van der Waals surface area contributed by atoms with Crippen LogP contribution in [0.5, 0.6) is 0 Å². The van der Waals surface area contributed by atoms with Crippen molar-refractivity contribution in [1.29, 1.82) is 0 Å². The standard InChI is InChI=1S/C20H18ClFN4O2/c21-16-9-13(4-5-17(16)22)8-15(27)7-12-2-1-3-14(6-12)10-24-18-11-25-26-19(18)20(23)28/h1-6,9,11,24H,7-8,10H2,(H2,23,28)(H,25,26). The number of rotatable bonds is 8. The van der Waals surface area contributed by atoms with Crippen LogP contribution < -0.4 is 11.1 Å². The lowest BCUT2D eigenvalue weighted by Crippen LogP contribution is -2.14. The van der Waals surface area contributed by atoms with Gasteiger partial charge in [-0.15, -0.1) is 0 Å². The van der Waals surface area contributed by atoms with E-state index in [2.05, 4.69) is 15.5 Å². The maximum Gasteiger partial charge on any atom is 0.268 e. The average Bonchev–Trinajstić information content (AvgIpc) is 3.12. The van der Waals surface area contributed by atoms with Crippen LogP contribution in [-0.2, 0) is 24.2 Å². The summed E-state index contributed by atoms with van der Waals surface area (Å²) in [7, 11) is 0. The lowest BCUT2D eigenvalue weighted by molar-refractivity contribution is -0.117. The molecule has 0 unspecified atom stereocenters. The fourth-order valence-corrected chi connectivity index (χ4v) is 3.03. The summed E-state index contributed by atoms with van der Waals surface area (Å²) < 4.78 is 13.2. The number of aromatic nitrogens is 2. The molecular formula is C20H18ClFN4O2. The van der Waals surface area contributed by atoms with Crippen molar-refractivity contribution in [1.82, 2.24) is 10.2 Å². The van der Waals surface area contributed by atoms with Crippen molar-refractivity contribution in [2.45, 2.75) is 19.4 Å². The number of H-pyrrole nitrogens is 1. The van der Waals surface area contributed by atoms with E-state index in [4.69, 9.17) is 17.3 Å². The fraction of sp³-hybridized carbons (Fsp3) is 0.150. The van der Waals surface area contributed by atoms with Crippen molar-refractivity contribution >= 4 is 29.0 Å². The van der Waals surface area contributed by atoms with Crippen LogP contribution in [0.2, 0.25) is 5.02 Å². The molecule has 0 radical (unpaired) electrons. The Balaban J connectivity index is 1.61. The maximum absolute atomic E-state index is 13.2. The number of benzene rings is 2. The van der Waals surface area contributed by atoms with E-state index in [0.717, 1.165) is 11.1 Å². The lowest BCUT2D eigenvalue weighted by atomic mass is 10.0. The number of primary amides is 1. The average molecular weight is 401 g/mol. The summed E-state index contributed by atoms with van der Waals surface area (Å²) in [6, 6.07) is 11.8. The van der Waals surface area contributed by atoms with E-state index in [9.17, 15) is 14.0 Å². The number of carbonyl (C=O) groups is 2. The molecule has 0 saturated carbocycles. The second-order valence-corrected chi connectivity index (χ2v) is 6.74. The number of Topliss-reactive ketones (excluding diaryl/α,β-unsaturated/α-hetero) is 1. The van der Waals surface area contributed by atoms with Crippen molar-refractivity contribution in [2.24, 2.45) is 5.73 Å². The summed E-state index contributed by atoms with van der Waals surface area (Å²) in [6.07, 6.45) is 1.92. The van der Waals surface area contributed by atoms with E-state index in [1.165, 1.54) is 18.3 Å². The molecule has 144 valence electrons. The Morgan fingerprint density at radius 1 is 1.11 bits per heavy atom. The van der Waals surface area contributed by atoms with Gasteiger partial charge in [-0.1, -0.05) is 41.9 Å². The SMILES string of the molecule is NC(=O)c1[nH]ncc1NCc1cccc(CC(=O)Cc2ccc(F)c(Cl)c2)c1. The molecule has 0 aliphatic heterocycles. The van der Waals surface area contributed by atoms with Gasteiger partial charge in [0.15, 0.2) is 0 Å². The van der Waals surface area contributed by atoms with Crippen LogP contribution in [0.1, 0.15) is 27.2 Å². The molecule has 1 aromatic heterocycles. The molecule has 3 aromatic rings. The summed E-state index contributed by atoms with van der Waals surface area (Å²) >= 11 is 5.76. The molecular weight excluding hydrogens is 383 g/mol. The van der Waals surface area contributed by atoms with Crippen LogP contribution >= 0.6 is 11.6 Å². The zero-order valence-corrected chi connectivity index (χ0v) is 15.6. The second kappa shape index (κ2) is 8.67. The van der Waals surface area contributed by atoms with E-state index in [1.54, 1.807) is 6.07 Å². The van der Waals surface area contributed by atoms with Crippen LogP contribution in [0.3, 0.4) is 0 Å². The predicted octanol–water partition coefficient (Wildman–Crippen LogP) is 3.27. The fourth-order valence-electron chi connectivity index (χ4n) is 2.82. The van der Waals surface area contributed by atoms with Gasteiger partial charge in [0, 0.05) is 19.4 Å². The molecule has 0 fully saturated rings. The topological polar surface area (TPSA) is 101 Å². The minimum Gasteiger partial charge on any atom is -0.378 e. The Bertz CT molecular complexity index is 1020. The van der Waals surface area contributed by atoms with Gasteiger partial charge in [0.05, 0.1) is 16.9 Å². The molecule has 0 spiro atoms. The number of ketones is 1. The number of amides is 1. The molecule has 4 N–H and O–H groups in total. The molecule has 8 heteroatoms. The summed E-state index contributed by atoms with van der Waals surface area (Å²) in [6.45, 7) is 0.440. The third-order valence-corrected chi connectivity index (χ3v) is 4.44. The summed E-state index contributed by atoms with van der Waals surface area (Å²) in [5, 5.41) is 9.44. The smallest absolute Gasteiger partial charge is 0.268 e. The van der Waals surface area contributed by atoms with Crippen LogP contribution in [0, 0.1) is 5.82 Å². The number of nitrogens with zero attached hydrogens (tertiary/aromatic N) is 1. The molecule has 2 aromatic carbocycles. The molecule has 0 aliphatic carbocycles. The molecule has 0 bridgehead atoms. The van der Waals surface area contributed by atoms with Gasteiger partial charge in [-0.05, 0) is 28.8 Å². The zero-order chi connectivity index (χ0) is 20.1. The van der Waals surface area contributed by atoms with E-state index in [1.807, 2.05) is 24.3 Å². The number of halogens is 2. The van der Waals surface area contributed by atoms with Crippen LogP contribution in [0.25, 0.3) is 0 Å². The first-order valence-electron chi connectivity index (χ1n) is 8.53. The molecule has 3 rings (SSSR count). The highest BCUT2D eigenvalue weighted by atomic mass is 35.5. The Kier molecular flexibility index (Phi) is 6.06. The van der Waals surface area contributed by atoms with Gasteiger partial charge >= 0.3 is 0 Å². The minimum atomic E-state index is -0.597. The van der Waals surface area contributed by atoms with Gasteiger partial charge in [0.25, 0.3) is 5.91 Å². The summed E-state index contributed by atoms with van der Waals surface area (Å²) in [5.74, 6) is -1.10. The molecule has 0 saturated heterocycles. The van der Waals surface area contributed by atoms with Crippen LogP contribution in [0.15, 0.2) is 48.7 Å². The number of nitrogens with two attached hydrogens (primary N) is 1. The van der Waals surface area contributed by atoms with Gasteiger partial charge in [-0.2, -0.15) is 5.10 Å². The van der Waals surface area contributed by atoms with Crippen molar-refractivity contribution < 1.29 is 14.0 Å². The number of anilines is 1. The van der Waals surface area contributed by atoms with Crippen molar-refractivity contribution in [3.63, 3.8) is 0 Å². The van der Waals surface area contributed by atoms with Gasteiger partial charge < -0.3 is 11.1 Å². The Morgan fingerprint density at radius 3 is 2.54 bits per heavy atom. The summed E-state index contributed by atoms with van der Waals surface area (Å²) in [4.78, 5) is 23.6. The van der Waals surface area contributed by atoms with Crippen molar-refractivity contribution in [3.8, 4) is 0 Å². The van der Waals surface area contributed by atoms with E-state index >= 15 is 0 Å². The minimum absolute atomic E-state index is 0.00127. The van der Waals surface area contributed by atoms with Crippen LogP contribution in [0.4, 0.5) is 10.1 Å². The number of aromatic amines is 1. The Labute approximate surface area is 165 Å². The Morgan fingerprint density at radius 2 is 1.82 bits per heavy atom. The third-order valence-electron chi connectivity index (χ3n) is 4.15. The van der Waals surface area contributed by atoms with Gasteiger partial charge in [-0.25, -0.2) is 4.39 Å². The maximum atomic E-state index is 13.2. The van der Waals surface area contributed by atoms with E-state index < -0.39 is 11.7 Å². The van der Waals surface area contributed by atoms with Crippen molar-refractivity contribution in [3.05, 3.63) is 81.9 Å². The number of nitrogens with one attached hydrogen (secondary N) is 2. The second-order valence-electron chi connectivity index (χ2n) is 6.34. The molecule has 28 heavy (non-hydrogen) atoms. The first kappa shape index (κ1) is 19.6. The lowest BCUT2D eigenvalue weighted by Gasteiger charge is -2.08. The van der Waals surface area contributed by atoms with Gasteiger partial charge in [0.1, 0.15) is 17.3 Å². The molecule has 1 heterocycles. The molecule has 0 atom stereocenters.